The molecular formula is C18H14ClN3OS. The van der Waals surface area contributed by atoms with Crippen LogP contribution >= 0.6 is 23.4 Å². The van der Waals surface area contributed by atoms with Crippen LogP contribution in [0.5, 0.6) is 0 Å². The van der Waals surface area contributed by atoms with Crippen LogP contribution in [0.25, 0.3) is 10.9 Å². The molecule has 0 atom stereocenters. The molecule has 0 saturated carbocycles. The molecule has 0 radical (unpaired) electrons. The van der Waals surface area contributed by atoms with E-state index in [0.29, 0.717) is 15.8 Å². The van der Waals surface area contributed by atoms with Gasteiger partial charge in [0.15, 0.2) is 10.8 Å². The topological polar surface area (TPSA) is 54.4 Å². The number of fused-ring (bicyclic) bond motifs is 1. The van der Waals surface area contributed by atoms with Crippen LogP contribution in [0.2, 0.25) is 5.02 Å². The van der Waals surface area contributed by atoms with E-state index < -0.39 is 0 Å². The summed E-state index contributed by atoms with van der Waals surface area (Å²) in [6.45, 7) is 1.48. The van der Waals surface area contributed by atoms with Crippen LogP contribution in [-0.4, -0.2) is 15.8 Å². The second-order valence-corrected chi connectivity index (χ2v) is 6.44. The molecule has 3 rings (SSSR count). The summed E-state index contributed by atoms with van der Waals surface area (Å²) in [4.78, 5) is 17.2. The molecule has 0 aliphatic carbocycles. The van der Waals surface area contributed by atoms with E-state index in [-0.39, 0.29) is 5.78 Å². The van der Waals surface area contributed by atoms with Crippen molar-refractivity contribution in [2.45, 2.75) is 11.8 Å². The highest BCUT2D eigenvalue weighted by Crippen LogP contribution is 2.28. The van der Waals surface area contributed by atoms with Gasteiger partial charge in [-0.2, -0.15) is 5.10 Å². The minimum Gasteiger partial charge on any atom is -0.292 e. The first-order valence-electron chi connectivity index (χ1n) is 7.26. The van der Waals surface area contributed by atoms with Crippen LogP contribution in [0.15, 0.2) is 70.8 Å². The van der Waals surface area contributed by atoms with Gasteiger partial charge in [0.2, 0.25) is 0 Å². The second-order valence-electron chi connectivity index (χ2n) is 5.00. The fraction of sp³-hybridized carbons (Fsp3) is 0.0556. The molecule has 0 aliphatic heterocycles. The Morgan fingerprint density at radius 1 is 1.12 bits per heavy atom. The van der Waals surface area contributed by atoms with Crippen LogP contribution < -0.4 is 5.43 Å². The third kappa shape index (κ3) is 3.75. The number of halogens is 1. The van der Waals surface area contributed by atoms with Crippen LogP contribution in [0.3, 0.4) is 0 Å². The molecule has 0 bridgehead atoms. The van der Waals surface area contributed by atoms with Crippen molar-refractivity contribution in [3.8, 4) is 0 Å². The highest BCUT2D eigenvalue weighted by Gasteiger charge is 2.12. The number of thioether (sulfide) groups is 1. The average molecular weight is 356 g/mol. The van der Waals surface area contributed by atoms with Crippen LogP contribution in [-0.2, 0) is 4.79 Å². The van der Waals surface area contributed by atoms with Gasteiger partial charge in [0.25, 0.3) is 0 Å². The van der Waals surface area contributed by atoms with Gasteiger partial charge in [-0.15, -0.1) is 0 Å². The van der Waals surface area contributed by atoms with Crippen LogP contribution in [0, 0.1) is 0 Å². The lowest BCUT2D eigenvalue weighted by atomic mass is 10.2. The SMILES string of the molecule is CC(=O)/C(=N/Nc1ccccc1Cl)Sc1cccc2cccnc12. The van der Waals surface area contributed by atoms with Crippen molar-refractivity contribution in [1.82, 2.24) is 4.98 Å². The fourth-order valence-electron chi connectivity index (χ4n) is 2.10. The number of nitrogens with zero attached hydrogens (tertiary/aromatic N) is 2. The van der Waals surface area contributed by atoms with Crippen molar-refractivity contribution in [2.24, 2.45) is 5.10 Å². The van der Waals surface area contributed by atoms with E-state index in [1.165, 1.54) is 18.7 Å². The Morgan fingerprint density at radius 2 is 1.92 bits per heavy atom. The highest BCUT2D eigenvalue weighted by molar-refractivity contribution is 8.15. The van der Waals surface area contributed by atoms with E-state index in [4.69, 9.17) is 11.6 Å². The largest absolute Gasteiger partial charge is 0.292 e. The number of hydrogen-bond donors (Lipinski definition) is 1. The first-order chi connectivity index (χ1) is 11.6. The van der Waals surface area contributed by atoms with Gasteiger partial charge in [-0.1, -0.05) is 53.7 Å². The van der Waals surface area contributed by atoms with Gasteiger partial charge in [-0.05, 0) is 24.3 Å². The molecule has 0 spiro atoms. The number of aromatic nitrogens is 1. The lowest BCUT2D eigenvalue weighted by Gasteiger charge is -2.07. The number of rotatable bonds is 4. The zero-order chi connectivity index (χ0) is 16.9. The Balaban J connectivity index is 1.90. The number of pyridine rings is 1. The van der Waals surface area contributed by atoms with E-state index >= 15 is 0 Å². The van der Waals surface area contributed by atoms with E-state index in [9.17, 15) is 4.79 Å². The summed E-state index contributed by atoms with van der Waals surface area (Å²) in [6, 6.07) is 17.0. The predicted octanol–water partition coefficient (Wildman–Crippen LogP) is 4.99. The Kier molecular flexibility index (Phi) is 5.13. The van der Waals surface area contributed by atoms with Gasteiger partial charge in [0.05, 0.1) is 16.2 Å². The zero-order valence-corrected chi connectivity index (χ0v) is 14.4. The average Bonchev–Trinajstić information content (AvgIpc) is 2.59. The number of carbonyl (C=O) groups excluding carboxylic acids is 1. The molecule has 0 fully saturated rings. The number of carbonyl (C=O) groups is 1. The first-order valence-corrected chi connectivity index (χ1v) is 8.45. The van der Waals surface area contributed by atoms with Gasteiger partial charge >= 0.3 is 0 Å². The number of para-hydroxylation sites is 2. The second kappa shape index (κ2) is 7.47. The van der Waals surface area contributed by atoms with Gasteiger partial charge in [0, 0.05) is 23.4 Å². The summed E-state index contributed by atoms with van der Waals surface area (Å²) in [6.07, 6.45) is 1.74. The van der Waals surface area contributed by atoms with Gasteiger partial charge < -0.3 is 0 Å². The molecule has 1 N–H and O–H groups in total. The maximum absolute atomic E-state index is 11.9. The van der Waals surface area contributed by atoms with Gasteiger partial charge in [-0.25, -0.2) is 0 Å². The normalized spacial score (nSPS) is 11.5. The molecule has 6 heteroatoms. The molecule has 3 aromatic rings. The number of nitrogens with one attached hydrogen (secondary N) is 1. The van der Waals surface area contributed by atoms with E-state index in [0.717, 1.165) is 15.8 Å². The molecule has 1 aromatic heterocycles. The third-order valence-electron chi connectivity index (χ3n) is 3.26. The summed E-state index contributed by atoms with van der Waals surface area (Å²) < 4.78 is 0. The third-order valence-corrected chi connectivity index (χ3v) is 4.71. The number of hydrogen-bond acceptors (Lipinski definition) is 5. The number of benzene rings is 2. The summed E-state index contributed by atoms with van der Waals surface area (Å²) in [5.74, 6) is -0.132. The minimum absolute atomic E-state index is 0.132. The molecule has 24 heavy (non-hydrogen) atoms. The van der Waals surface area contributed by atoms with E-state index in [1.807, 2.05) is 42.5 Å². The predicted molar refractivity (Wildman–Crippen MR) is 101 cm³/mol. The number of Topliss-reactive ketones (excluding diaryl/α,β-unsaturated/α-hetero) is 1. The molecule has 0 amide bonds. The van der Waals surface area contributed by atoms with Crippen molar-refractivity contribution in [3.63, 3.8) is 0 Å². The van der Waals surface area contributed by atoms with Gasteiger partial charge in [-0.3, -0.25) is 15.2 Å². The standard InChI is InChI=1S/C18H14ClN3OS/c1-12(23)18(22-21-15-9-3-2-8-14(15)19)24-16-10-4-6-13-7-5-11-20-17(13)16/h2-11,21H,1H3/b22-18-. The maximum Gasteiger partial charge on any atom is 0.186 e. The molecule has 0 aliphatic rings. The quantitative estimate of drug-likeness (QED) is 0.310. The molecule has 120 valence electrons. The maximum atomic E-state index is 11.9. The summed E-state index contributed by atoms with van der Waals surface area (Å²) in [7, 11) is 0. The number of hydrazone groups is 1. The molecule has 1 heterocycles. The molecule has 0 saturated heterocycles. The smallest absolute Gasteiger partial charge is 0.186 e. The van der Waals surface area contributed by atoms with Crippen molar-refractivity contribution in [2.75, 3.05) is 5.43 Å². The van der Waals surface area contributed by atoms with Crippen LogP contribution in [0.4, 0.5) is 5.69 Å². The first kappa shape index (κ1) is 16.5. The van der Waals surface area contributed by atoms with Crippen LogP contribution in [0.1, 0.15) is 6.92 Å². The Labute approximate surface area is 148 Å². The monoisotopic (exact) mass is 355 g/mol. The van der Waals surface area contributed by atoms with E-state index in [2.05, 4.69) is 15.5 Å². The Hall–Kier alpha value is -2.37. The zero-order valence-electron chi connectivity index (χ0n) is 12.9. The minimum atomic E-state index is -0.132. The van der Waals surface area contributed by atoms with Crippen molar-refractivity contribution in [1.29, 1.82) is 0 Å². The molecule has 4 nitrogen and oxygen atoms in total. The van der Waals surface area contributed by atoms with Gasteiger partial charge in [0.1, 0.15) is 0 Å². The lowest BCUT2D eigenvalue weighted by molar-refractivity contribution is -0.110. The Bertz CT molecular complexity index is 922. The summed E-state index contributed by atoms with van der Waals surface area (Å²) in [5, 5.41) is 6.13. The number of ketones is 1. The summed E-state index contributed by atoms with van der Waals surface area (Å²) >= 11 is 7.38. The van der Waals surface area contributed by atoms with E-state index in [1.54, 1.807) is 18.3 Å². The number of anilines is 1. The highest BCUT2D eigenvalue weighted by atomic mass is 35.5. The molecule has 2 aromatic carbocycles. The van der Waals surface area contributed by atoms with Crippen molar-refractivity contribution >= 4 is 50.8 Å². The summed E-state index contributed by atoms with van der Waals surface area (Å²) in [5.41, 5.74) is 4.35. The Morgan fingerprint density at radius 3 is 2.71 bits per heavy atom. The fourth-order valence-corrected chi connectivity index (χ4v) is 3.13. The lowest BCUT2D eigenvalue weighted by Crippen LogP contribution is -2.08. The van der Waals surface area contributed by atoms with Crippen molar-refractivity contribution in [3.05, 3.63) is 65.8 Å². The van der Waals surface area contributed by atoms with Crippen molar-refractivity contribution < 1.29 is 4.79 Å². The molecule has 0 unspecified atom stereocenters. The molecular weight excluding hydrogens is 342 g/mol.